The topological polar surface area (TPSA) is 102 Å². The summed E-state index contributed by atoms with van der Waals surface area (Å²) >= 11 is 0. The van der Waals surface area contributed by atoms with Crippen molar-refractivity contribution in [3.63, 3.8) is 0 Å². The lowest BCUT2D eigenvalue weighted by atomic mass is 10.1. The Morgan fingerprint density at radius 2 is 1.51 bits per heavy atom. The van der Waals surface area contributed by atoms with Crippen LogP contribution in [-0.2, 0) is 4.79 Å². The molecule has 1 saturated heterocycles. The number of nitrogens with one attached hydrogen (secondary N) is 3. The van der Waals surface area contributed by atoms with Crippen LogP contribution in [0.3, 0.4) is 0 Å². The Balaban J connectivity index is 1.12. The van der Waals surface area contributed by atoms with Crippen molar-refractivity contribution < 1.29 is 9.53 Å². The number of likely N-dealkylation sites (N-methyl/N-ethyl adjacent to an activating group) is 1. The number of aromatic amines is 2. The molecule has 1 aliphatic heterocycles. The first-order chi connectivity index (χ1) is 19.9. The number of carbonyl (C=O) groups excluding carboxylic acids is 1. The molecule has 9 heteroatoms. The number of ether oxygens (including phenoxy) is 1. The van der Waals surface area contributed by atoms with Gasteiger partial charge in [0, 0.05) is 49.4 Å². The summed E-state index contributed by atoms with van der Waals surface area (Å²) in [6.45, 7) is 9.21. The van der Waals surface area contributed by atoms with Crippen LogP contribution in [0.4, 0.5) is 5.69 Å². The molecule has 6 rings (SSSR count). The summed E-state index contributed by atoms with van der Waals surface area (Å²) in [5.41, 5.74) is 7.07. The van der Waals surface area contributed by atoms with Crippen LogP contribution < -0.4 is 15.0 Å². The predicted octanol–water partition coefficient (Wildman–Crippen LogP) is 5.07. The maximum Gasteiger partial charge on any atom is 0.220 e. The fourth-order valence-corrected chi connectivity index (χ4v) is 5.20. The second-order valence-electron chi connectivity index (χ2n) is 11.2. The highest BCUT2D eigenvalue weighted by molar-refractivity contribution is 5.87. The van der Waals surface area contributed by atoms with E-state index in [0.717, 1.165) is 76.8 Å². The van der Waals surface area contributed by atoms with Crippen molar-refractivity contribution in [2.45, 2.75) is 20.3 Å². The molecule has 0 radical (unpaired) electrons. The Kier molecular flexibility index (Phi) is 7.61. The van der Waals surface area contributed by atoms with E-state index in [-0.39, 0.29) is 5.91 Å². The molecule has 9 nitrogen and oxygen atoms in total. The highest BCUT2D eigenvalue weighted by Gasteiger charge is 2.16. The molecule has 0 unspecified atom stereocenters. The van der Waals surface area contributed by atoms with Crippen LogP contribution in [0.5, 0.6) is 5.75 Å². The highest BCUT2D eigenvalue weighted by Crippen LogP contribution is 2.28. The number of H-pyrrole nitrogens is 2. The number of aromatic nitrogens is 4. The van der Waals surface area contributed by atoms with Crippen LogP contribution in [0.15, 0.2) is 60.7 Å². The minimum atomic E-state index is 0.0580. The smallest absolute Gasteiger partial charge is 0.220 e. The maximum atomic E-state index is 11.8. The first-order valence-electron chi connectivity index (χ1n) is 14.3. The lowest BCUT2D eigenvalue weighted by Crippen LogP contribution is -2.44. The van der Waals surface area contributed by atoms with Gasteiger partial charge in [-0.3, -0.25) is 4.79 Å². The van der Waals surface area contributed by atoms with Gasteiger partial charge in [0.05, 0.1) is 28.6 Å². The lowest BCUT2D eigenvalue weighted by Gasteiger charge is -2.34. The van der Waals surface area contributed by atoms with Crippen molar-refractivity contribution in [2.75, 3.05) is 51.3 Å². The predicted molar refractivity (Wildman–Crippen MR) is 164 cm³/mol. The number of benzene rings is 3. The van der Waals surface area contributed by atoms with E-state index in [9.17, 15) is 4.79 Å². The Labute approximate surface area is 239 Å². The SMILES string of the molecule is CC(C)CC(=O)NCCOc1ccc(-c2nc3ccc(-c4nc5ccc(N6CCN(C)CC6)cc5[nH]4)cc3[nH]2)cc1. The van der Waals surface area contributed by atoms with Crippen LogP contribution in [0, 0.1) is 5.92 Å². The summed E-state index contributed by atoms with van der Waals surface area (Å²) in [6, 6.07) is 20.5. The van der Waals surface area contributed by atoms with Gasteiger partial charge in [-0.25, -0.2) is 9.97 Å². The minimum Gasteiger partial charge on any atom is -0.492 e. The van der Waals surface area contributed by atoms with E-state index in [1.807, 2.05) is 44.2 Å². The molecule has 0 saturated carbocycles. The second-order valence-corrected chi connectivity index (χ2v) is 11.2. The third kappa shape index (κ3) is 6.20. The quantitative estimate of drug-likeness (QED) is 0.221. The standard InChI is InChI=1S/C32H37N7O2/c1-21(2)18-30(40)33-12-17-41-25-8-4-22(5-9-25)31-34-26-10-6-23(19-28(26)36-31)32-35-27-11-7-24(20-29(27)37-32)39-15-13-38(3)14-16-39/h4-11,19-21H,12-18H2,1-3H3,(H,33,40)(H,34,36)(H,35,37). The van der Waals surface area contributed by atoms with Crippen molar-refractivity contribution in [1.29, 1.82) is 0 Å². The van der Waals surface area contributed by atoms with Crippen LogP contribution >= 0.6 is 0 Å². The first-order valence-corrected chi connectivity index (χ1v) is 14.3. The zero-order valence-corrected chi connectivity index (χ0v) is 23.9. The summed E-state index contributed by atoms with van der Waals surface area (Å²) in [5, 5.41) is 2.89. The molecule has 0 aliphatic carbocycles. The van der Waals surface area contributed by atoms with Gasteiger partial charge < -0.3 is 29.8 Å². The van der Waals surface area contributed by atoms with E-state index < -0.39 is 0 Å². The van der Waals surface area contributed by atoms with Crippen LogP contribution in [0.1, 0.15) is 20.3 Å². The number of imidazole rings is 2. The van der Waals surface area contributed by atoms with Crippen LogP contribution in [0.25, 0.3) is 44.8 Å². The number of hydrogen-bond acceptors (Lipinski definition) is 6. The monoisotopic (exact) mass is 551 g/mol. The first kappa shape index (κ1) is 26.8. The van der Waals surface area contributed by atoms with E-state index in [1.165, 1.54) is 5.69 Å². The lowest BCUT2D eigenvalue weighted by molar-refractivity contribution is -0.121. The number of hydrogen-bond donors (Lipinski definition) is 3. The summed E-state index contributed by atoms with van der Waals surface area (Å²) in [4.78, 5) is 33.2. The number of carbonyl (C=O) groups is 1. The largest absolute Gasteiger partial charge is 0.492 e. The molecule has 2 aromatic heterocycles. The Hall–Kier alpha value is -4.37. The number of piperazine rings is 1. The van der Waals surface area contributed by atoms with E-state index >= 15 is 0 Å². The molecule has 1 fully saturated rings. The third-order valence-corrected chi connectivity index (χ3v) is 7.50. The van der Waals surface area contributed by atoms with Crippen LogP contribution in [0.2, 0.25) is 0 Å². The van der Waals surface area contributed by atoms with Crippen molar-refractivity contribution in [2.24, 2.45) is 5.92 Å². The van der Waals surface area contributed by atoms with E-state index in [2.05, 4.69) is 62.5 Å². The molecule has 0 bridgehead atoms. The number of fused-ring (bicyclic) bond motifs is 2. The molecule has 1 aliphatic rings. The third-order valence-electron chi connectivity index (χ3n) is 7.50. The van der Waals surface area contributed by atoms with Gasteiger partial charge in [0.25, 0.3) is 0 Å². The molecule has 1 amide bonds. The molecule has 212 valence electrons. The van der Waals surface area contributed by atoms with Gasteiger partial charge in [0.1, 0.15) is 24.0 Å². The van der Waals surface area contributed by atoms with Crippen LogP contribution in [-0.4, -0.2) is 77.1 Å². The number of rotatable bonds is 9. The van der Waals surface area contributed by atoms with Gasteiger partial charge in [-0.1, -0.05) is 13.8 Å². The van der Waals surface area contributed by atoms with Gasteiger partial charge in [-0.15, -0.1) is 0 Å². The Morgan fingerprint density at radius 3 is 2.22 bits per heavy atom. The molecular formula is C32H37N7O2. The highest BCUT2D eigenvalue weighted by atomic mass is 16.5. The maximum absolute atomic E-state index is 11.8. The van der Waals surface area contributed by atoms with Gasteiger partial charge in [-0.2, -0.15) is 0 Å². The average Bonchev–Trinajstić information content (AvgIpc) is 3.59. The Bertz CT molecular complexity index is 1650. The summed E-state index contributed by atoms with van der Waals surface area (Å²) in [5.74, 6) is 2.80. The normalized spacial score (nSPS) is 14.3. The zero-order chi connectivity index (χ0) is 28.3. The molecule has 0 spiro atoms. The molecule has 3 aromatic carbocycles. The second kappa shape index (κ2) is 11.6. The van der Waals surface area contributed by atoms with Crippen molar-refractivity contribution in [1.82, 2.24) is 30.2 Å². The van der Waals surface area contributed by atoms with E-state index in [1.54, 1.807) is 0 Å². The fraction of sp³-hybridized carbons (Fsp3) is 0.344. The fourth-order valence-electron chi connectivity index (χ4n) is 5.20. The van der Waals surface area contributed by atoms with E-state index in [4.69, 9.17) is 14.7 Å². The van der Waals surface area contributed by atoms with Crippen molar-refractivity contribution in [3.8, 4) is 28.5 Å². The van der Waals surface area contributed by atoms with Gasteiger partial charge in [0.15, 0.2) is 0 Å². The van der Waals surface area contributed by atoms with Crippen molar-refractivity contribution >= 4 is 33.7 Å². The summed E-state index contributed by atoms with van der Waals surface area (Å²) in [6.07, 6.45) is 0.532. The Morgan fingerprint density at radius 1 is 0.878 bits per heavy atom. The van der Waals surface area contributed by atoms with Gasteiger partial charge in [-0.05, 0) is 73.6 Å². The molecule has 0 atom stereocenters. The average molecular weight is 552 g/mol. The summed E-state index contributed by atoms with van der Waals surface area (Å²) < 4.78 is 5.79. The minimum absolute atomic E-state index is 0.0580. The molecule has 5 aromatic rings. The van der Waals surface area contributed by atoms with Gasteiger partial charge >= 0.3 is 0 Å². The van der Waals surface area contributed by atoms with Crippen molar-refractivity contribution in [3.05, 3.63) is 60.7 Å². The number of amides is 1. The number of nitrogens with zero attached hydrogens (tertiary/aromatic N) is 4. The molecule has 41 heavy (non-hydrogen) atoms. The zero-order valence-electron chi connectivity index (χ0n) is 23.9. The van der Waals surface area contributed by atoms with E-state index in [0.29, 0.717) is 25.5 Å². The van der Waals surface area contributed by atoms with Gasteiger partial charge in [0.2, 0.25) is 5.91 Å². The number of anilines is 1. The molecular weight excluding hydrogens is 514 g/mol. The summed E-state index contributed by atoms with van der Waals surface area (Å²) in [7, 11) is 2.17. The molecule has 3 heterocycles. The molecule has 3 N–H and O–H groups in total.